The Morgan fingerprint density at radius 1 is 0.357 bits per heavy atom. The number of nitrogens with zero attached hydrogens (tertiary/aromatic N) is 6. The molecule has 20 nitrogen and oxygen atoms in total. The van der Waals surface area contributed by atoms with E-state index < -0.39 is 17.9 Å². The molecule has 4 aromatic heterocycles. The van der Waals surface area contributed by atoms with Crippen LogP contribution in [0.4, 0.5) is 0 Å². The number of benzene rings is 4. The van der Waals surface area contributed by atoms with E-state index in [0.717, 1.165) is 39.2 Å². The molecule has 0 saturated carbocycles. The van der Waals surface area contributed by atoms with Crippen LogP contribution in [-0.2, 0) is 669 Å². The summed E-state index contributed by atoms with van der Waals surface area (Å²) in [7, 11) is 9.84. The summed E-state index contributed by atoms with van der Waals surface area (Å²) >= 11 is 0. The van der Waals surface area contributed by atoms with Crippen molar-refractivity contribution in [1.29, 1.82) is 0 Å². The van der Waals surface area contributed by atoms with Crippen LogP contribution in [0.5, 0.6) is 0 Å². The number of aryl methyl sites for hydroxylation is 6. The molecule has 0 saturated heterocycles. The number of aromatic amines is 2. The number of nitrogens with one attached hydrogen (secondary N) is 2. The number of hydrogen-bond donors (Lipinski definition) is 6. The fraction of sp³-hybridized carbons (Fsp3) is 0.273. The van der Waals surface area contributed by atoms with Gasteiger partial charge in [-0.25, -0.2) is 38.7 Å². The smallest absolute Gasteiger partial charge is 0.337 e. The topological polar surface area (TPSA) is 279 Å². The van der Waals surface area contributed by atoms with E-state index in [0.29, 0.717) is 27.7 Å². The van der Waals surface area contributed by atoms with Crippen molar-refractivity contribution in [2.45, 2.75) is 27.7 Å². The maximum absolute atomic E-state index is 11.3. The fourth-order valence-electron chi connectivity index (χ4n) is 5.87. The number of esters is 2. The number of ether oxygens (including phenoxy) is 2. The normalized spacial score (nSPS) is 6.65. The molecular formula is C44H52N8O12V34. The molecule has 4 heterocycles. The van der Waals surface area contributed by atoms with Crippen LogP contribution < -0.4 is 11.4 Å². The van der Waals surface area contributed by atoms with Crippen LogP contribution in [0.1, 0.15) is 66.9 Å². The number of rotatable bonds is 4. The minimum absolute atomic E-state index is 0. The van der Waals surface area contributed by atoms with Gasteiger partial charge in [-0.1, -0.05) is 0 Å². The second-order valence-corrected chi connectivity index (χ2v) is 13.5. The Kier molecular flexibility index (Phi) is 258. The molecule has 0 amide bonds. The maximum Gasteiger partial charge on any atom is 0.337 e. The molecule has 0 spiro atoms. The molecule has 0 aliphatic rings. The average molecular weight is 2620 g/mol. The van der Waals surface area contributed by atoms with Gasteiger partial charge in [-0.05, 0) is 100 Å². The Morgan fingerprint density at radius 2 is 0.551 bits per heavy atom. The van der Waals surface area contributed by atoms with E-state index in [-0.39, 0.29) is 673 Å². The van der Waals surface area contributed by atoms with Gasteiger partial charge in [0.15, 0.2) is 0 Å². The molecule has 6 N–H and O–H groups in total. The van der Waals surface area contributed by atoms with Crippen LogP contribution in [0.2, 0.25) is 0 Å². The predicted molar refractivity (Wildman–Crippen MR) is 240 cm³/mol. The minimum atomic E-state index is -1.00. The van der Waals surface area contributed by atoms with Gasteiger partial charge >= 0.3 is 35.3 Å². The number of aliphatic hydroxyl groups excluding tert-OH is 2. The maximum atomic E-state index is 11.3. The number of carboxylic acids is 2. The van der Waals surface area contributed by atoms with Crippen molar-refractivity contribution in [2.75, 3.05) is 27.4 Å². The first-order valence-corrected chi connectivity index (χ1v) is 19.4. The van der Waals surface area contributed by atoms with Crippen LogP contribution in [0.3, 0.4) is 0 Å². The van der Waals surface area contributed by atoms with Crippen LogP contribution in [0.15, 0.2) is 82.4 Å². The molecule has 0 bridgehead atoms. The first kappa shape index (κ1) is 215. The van der Waals surface area contributed by atoms with E-state index >= 15 is 0 Å². The first-order valence-electron chi connectivity index (χ1n) is 19.4. The molecule has 54 heteroatoms. The number of carbonyl (C=O) groups is 4. The summed E-state index contributed by atoms with van der Waals surface area (Å²) in [6, 6.07) is 19.8. The second kappa shape index (κ2) is 118. The Balaban J connectivity index is -0.0000000173. The number of aromatic carboxylic acids is 2. The number of aromatic nitrogens is 8. The summed E-state index contributed by atoms with van der Waals surface area (Å²) in [6.07, 6.45) is 0. The number of carbonyl (C=O) groups excluding carboxylic acids is 2. The van der Waals surface area contributed by atoms with Gasteiger partial charge < -0.3 is 49.0 Å². The average Bonchev–Trinajstić information content (AvgIpc) is 3.95. The van der Waals surface area contributed by atoms with Crippen molar-refractivity contribution in [3.05, 3.63) is 128 Å². The molecule has 0 aliphatic heterocycles. The number of fused-ring (bicyclic) bond motifs is 4. The van der Waals surface area contributed by atoms with E-state index in [9.17, 15) is 28.8 Å². The Morgan fingerprint density at radius 3 is 0.786 bits per heavy atom. The number of aliphatic hydroxyl groups is 2. The SMILES string of the molecule is CCO.CCO.COC(=O)c1ccc2c(c1)[nH]c(=O)n2C.COC(=O)c1ccc2c(c1)nc(C)n2C.Cc1nc2cc(C(=O)O)ccc2n1C.Cn1c(=O)[nH]c2cc(C(=O)O)ccc21.[V].[V].[V].[V].[V].[V].[V].[V].[V].[V].[V].[V].[V].[V].[V].[V].[V].[V].[V].[V].[V].[V].[V].[V].[V].[V].[V].[V].[V].[V].[V].[V].[V].[V]. The van der Waals surface area contributed by atoms with Crippen molar-refractivity contribution in [2.24, 2.45) is 28.2 Å². The largest absolute Gasteiger partial charge is 0.478 e. The Bertz CT molecular complexity index is 3130. The Hall–Kier alpha value is 12.0. The van der Waals surface area contributed by atoms with Gasteiger partial charge in [-0.3, -0.25) is 9.13 Å². The number of methoxy groups -OCH3 is 2. The molecule has 0 atom stereocenters. The van der Waals surface area contributed by atoms with Crippen molar-refractivity contribution >= 4 is 68.0 Å². The molecule has 0 unspecified atom stereocenters. The molecule has 8 aromatic rings. The second-order valence-electron chi connectivity index (χ2n) is 13.5. The molecule has 0 aliphatic carbocycles. The van der Waals surface area contributed by atoms with Crippen molar-refractivity contribution in [3.63, 3.8) is 0 Å². The monoisotopic (exact) mass is 2620 g/mol. The van der Waals surface area contributed by atoms with Gasteiger partial charge in [0, 0.05) is 672 Å². The molecule has 34 radical (unpaired) electrons. The summed E-state index contributed by atoms with van der Waals surface area (Å²) < 4.78 is 16.1. The quantitative estimate of drug-likeness (QED) is 0.134. The van der Waals surface area contributed by atoms with E-state index in [1.54, 1.807) is 82.5 Å². The first-order chi connectivity index (χ1) is 30.3. The fourth-order valence-corrected chi connectivity index (χ4v) is 5.87. The van der Waals surface area contributed by atoms with Crippen molar-refractivity contribution in [3.8, 4) is 0 Å². The summed E-state index contributed by atoms with van der Waals surface area (Å²) in [4.78, 5) is 80.1. The number of hydrogen-bond acceptors (Lipinski definition) is 12. The van der Waals surface area contributed by atoms with Crippen LogP contribution >= 0.6 is 0 Å². The Labute approximate surface area is 977 Å². The van der Waals surface area contributed by atoms with Gasteiger partial charge in [-0.2, -0.15) is 0 Å². The minimum Gasteiger partial charge on any atom is -0.478 e. The van der Waals surface area contributed by atoms with E-state index in [4.69, 9.17) is 20.4 Å². The van der Waals surface area contributed by atoms with Crippen LogP contribution in [0, 0.1) is 13.8 Å². The van der Waals surface area contributed by atoms with Gasteiger partial charge in [0.2, 0.25) is 0 Å². The summed E-state index contributed by atoms with van der Waals surface area (Å²) in [5, 5.41) is 32.6. The number of carboxylic acid groups (broad SMARTS) is 2. The third-order valence-corrected chi connectivity index (χ3v) is 9.35. The standard InChI is InChI=1S/C11H12N2O2.C10H10N2O3.C10H10N2O2.C9H8N2O3.2C2H6O.34V/c1-7-12-9-6-8(11(14)15-3)4-5-10(9)13(7)2;1-12-8-4-3-6(9(13)15-2)5-7(8)11-10(12)14;1-6-11-8-5-7(10(13)14)3-4-9(8)12(6)2;1-11-7-3-2-5(8(12)13)4-6(7)10-9(11)14;2*1-2-3;;;;;;;;;;;;;;;;;;;;;;;;;;;;;;;;;;/h4-6H,1-3H3;3-5H,1-2H3,(H,11,14);3-5H,1-2H3,(H,13,14);2-4H,1H3,(H,10,14)(H,12,13);2*3H,2H2,1H3;;;;;;;;;;;;;;;;;;;;;;;;;;;;;;;;;;. The number of H-pyrrole nitrogens is 2. The molecule has 4 aromatic carbocycles. The third kappa shape index (κ3) is 71.0. The van der Waals surface area contributed by atoms with Crippen LogP contribution in [0.25, 0.3) is 44.1 Å². The summed E-state index contributed by atoms with van der Waals surface area (Å²) in [6.45, 7) is 7.68. The zero-order chi connectivity index (χ0) is 48.0. The van der Waals surface area contributed by atoms with E-state index in [2.05, 4.69) is 29.4 Å². The van der Waals surface area contributed by atoms with E-state index in [1.165, 1.54) is 35.5 Å². The van der Waals surface area contributed by atoms with Crippen LogP contribution in [-0.4, -0.2) is 110 Å². The molecule has 8 rings (SSSR count). The summed E-state index contributed by atoms with van der Waals surface area (Å²) in [5.74, 6) is -0.872. The third-order valence-electron chi connectivity index (χ3n) is 9.35. The van der Waals surface area contributed by atoms with Gasteiger partial charge in [-0.15, -0.1) is 0 Å². The molecule has 510 valence electrons. The van der Waals surface area contributed by atoms with Gasteiger partial charge in [0.1, 0.15) is 11.6 Å². The summed E-state index contributed by atoms with van der Waals surface area (Å²) in [5.41, 5.74) is 7.07. The molecule has 98 heavy (non-hydrogen) atoms. The molecule has 0 fully saturated rings. The zero-order valence-corrected chi connectivity index (χ0v) is 99.8. The predicted octanol–water partition coefficient (Wildman–Crippen LogP) is 4.38. The number of imidazole rings is 4. The zero-order valence-electron chi connectivity index (χ0n) is 52.3. The molecular weight excluding hydrogens is 2560 g/mol. The van der Waals surface area contributed by atoms with E-state index in [1.807, 2.05) is 43.1 Å². The van der Waals surface area contributed by atoms with Crippen molar-refractivity contribution in [1.82, 2.24) is 38.2 Å². The van der Waals surface area contributed by atoms with Gasteiger partial charge in [0.25, 0.3) is 0 Å². The van der Waals surface area contributed by atoms with Crippen molar-refractivity contribution < 1.29 is 680 Å². The van der Waals surface area contributed by atoms with Gasteiger partial charge in [0.05, 0.1) is 80.6 Å².